The molecule has 1 aliphatic carbocycles. The molecule has 0 saturated heterocycles. The molecule has 2 aromatic rings. The van der Waals surface area contributed by atoms with Gasteiger partial charge < -0.3 is 9.88 Å². The van der Waals surface area contributed by atoms with Crippen LogP contribution in [-0.4, -0.2) is 10.6 Å². The van der Waals surface area contributed by atoms with Crippen LogP contribution in [-0.2, 0) is 0 Å². The van der Waals surface area contributed by atoms with Crippen molar-refractivity contribution >= 4 is 5.69 Å². The number of hydrogen-bond donors (Lipinski definition) is 1. The third-order valence-electron chi connectivity index (χ3n) is 4.35. The van der Waals surface area contributed by atoms with Crippen molar-refractivity contribution in [1.82, 2.24) is 4.57 Å². The van der Waals surface area contributed by atoms with Gasteiger partial charge >= 0.3 is 0 Å². The Labute approximate surface area is 115 Å². The molecular weight excluding hydrogens is 232 g/mol. The number of anilines is 1. The van der Waals surface area contributed by atoms with E-state index < -0.39 is 0 Å². The highest BCUT2D eigenvalue weighted by atomic mass is 15.0. The van der Waals surface area contributed by atoms with Gasteiger partial charge in [-0.25, -0.2) is 0 Å². The van der Waals surface area contributed by atoms with Crippen LogP contribution >= 0.6 is 0 Å². The zero-order valence-electron chi connectivity index (χ0n) is 11.8. The zero-order valence-corrected chi connectivity index (χ0v) is 11.8. The molecule has 1 aromatic heterocycles. The van der Waals surface area contributed by atoms with Gasteiger partial charge in [0, 0.05) is 29.8 Å². The second-order valence-corrected chi connectivity index (χ2v) is 6.22. The standard InChI is InChI=1S/C17H22N2/c1-17(2)10-6-9-16(17)18-14-7-5-8-15(13-14)19-11-3-4-12-19/h3-5,7-8,11-13,16,18H,6,9-10H2,1-2H3. The summed E-state index contributed by atoms with van der Waals surface area (Å²) in [5, 5.41) is 3.72. The summed E-state index contributed by atoms with van der Waals surface area (Å²) in [7, 11) is 0. The molecule has 0 radical (unpaired) electrons. The fraction of sp³-hybridized carbons (Fsp3) is 0.412. The third kappa shape index (κ3) is 2.53. The molecule has 0 amide bonds. The van der Waals surface area contributed by atoms with E-state index in [0.29, 0.717) is 11.5 Å². The molecule has 0 spiro atoms. The van der Waals surface area contributed by atoms with Crippen molar-refractivity contribution in [2.45, 2.75) is 39.2 Å². The van der Waals surface area contributed by atoms with Crippen LogP contribution in [0.25, 0.3) is 5.69 Å². The molecule has 2 heteroatoms. The zero-order chi connectivity index (χ0) is 13.3. The predicted octanol–water partition coefficient (Wildman–Crippen LogP) is 4.47. The fourth-order valence-corrected chi connectivity index (χ4v) is 3.06. The molecule has 100 valence electrons. The topological polar surface area (TPSA) is 17.0 Å². The Morgan fingerprint density at radius 1 is 1.16 bits per heavy atom. The number of nitrogens with one attached hydrogen (secondary N) is 1. The smallest absolute Gasteiger partial charge is 0.0469 e. The van der Waals surface area contributed by atoms with Crippen LogP contribution in [0.2, 0.25) is 0 Å². The first kappa shape index (κ1) is 12.3. The molecule has 19 heavy (non-hydrogen) atoms. The summed E-state index contributed by atoms with van der Waals surface area (Å²) in [6, 6.07) is 13.4. The summed E-state index contributed by atoms with van der Waals surface area (Å²) < 4.78 is 2.14. The first-order chi connectivity index (χ1) is 9.15. The Kier molecular flexibility index (Phi) is 3.09. The number of rotatable bonds is 3. The van der Waals surface area contributed by atoms with Gasteiger partial charge in [-0.2, -0.15) is 0 Å². The van der Waals surface area contributed by atoms with E-state index >= 15 is 0 Å². The number of nitrogens with zero attached hydrogens (tertiary/aromatic N) is 1. The van der Waals surface area contributed by atoms with Crippen molar-refractivity contribution in [3.63, 3.8) is 0 Å². The van der Waals surface area contributed by atoms with E-state index in [1.54, 1.807) is 0 Å². The molecule has 1 aliphatic rings. The summed E-state index contributed by atoms with van der Waals surface area (Å²) in [6.07, 6.45) is 8.10. The molecule has 1 N–H and O–H groups in total. The molecule has 1 heterocycles. The minimum atomic E-state index is 0.406. The highest BCUT2D eigenvalue weighted by Crippen LogP contribution is 2.39. The Balaban J connectivity index is 1.81. The highest BCUT2D eigenvalue weighted by molar-refractivity contribution is 5.52. The van der Waals surface area contributed by atoms with Crippen LogP contribution in [0, 0.1) is 5.41 Å². The first-order valence-electron chi connectivity index (χ1n) is 7.15. The van der Waals surface area contributed by atoms with Gasteiger partial charge in [0.05, 0.1) is 0 Å². The minimum absolute atomic E-state index is 0.406. The Morgan fingerprint density at radius 3 is 2.63 bits per heavy atom. The second kappa shape index (κ2) is 4.76. The summed E-state index contributed by atoms with van der Waals surface area (Å²) >= 11 is 0. The van der Waals surface area contributed by atoms with Crippen LogP contribution in [0.3, 0.4) is 0 Å². The molecule has 1 saturated carbocycles. The van der Waals surface area contributed by atoms with E-state index in [1.165, 1.54) is 30.6 Å². The van der Waals surface area contributed by atoms with Crippen molar-refractivity contribution in [3.05, 3.63) is 48.8 Å². The molecule has 1 atom stereocenters. The molecule has 1 fully saturated rings. The largest absolute Gasteiger partial charge is 0.382 e. The maximum atomic E-state index is 3.72. The average Bonchev–Trinajstić information content (AvgIpc) is 3.01. The van der Waals surface area contributed by atoms with Crippen LogP contribution in [0.5, 0.6) is 0 Å². The normalized spacial score (nSPS) is 21.5. The summed E-state index contributed by atoms with van der Waals surface area (Å²) in [4.78, 5) is 0. The van der Waals surface area contributed by atoms with Gasteiger partial charge in [-0.15, -0.1) is 0 Å². The number of aromatic nitrogens is 1. The third-order valence-corrected chi connectivity index (χ3v) is 4.35. The van der Waals surface area contributed by atoms with E-state index in [2.05, 4.69) is 72.5 Å². The van der Waals surface area contributed by atoms with Gasteiger partial charge in [-0.3, -0.25) is 0 Å². The van der Waals surface area contributed by atoms with Crippen LogP contribution in [0.4, 0.5) is 5.69 Å². The van der Waals surface area contributed by atoms with Crippen LogP contribution in [0.15, 0.2) is 48.8 Å². The first-order valence-corrected chi connectivity index (χ1v) is 7.15. The van der Waals surface area contributed by atoms with Crippen molar-refractivity contribution < 1.29 is 0 Å². The monoisotopic (exact) mass is 254 g/mol. The molecule has 2 nitrogen and oxygen atoms in total. The van der Waals surface area contributed by atoms with Gasteiger partial charge in [-0.1, -0.05) is 26.3 Å². The van der Waals surface area contributed by atoms with E-state index in [9.17, 15) is 0 Å². The minimum Gasteiger partial charge on any atom is -0.382 e. The Bertz CT molecular complexity index is 540. The van der Waals surface area contributed by atoms with E-state index in [1.807, 2.05) is 0 Å². The van der Waals surface area contributed by atoms with Gasteiger partial charge in [0.2, 0.25) is 0 Å². The SMILES string of the molecule is CC1(C)CCCC1Nc1cccc(-n2cccc2)c1. The van der Waals surface area contributed by atoms with Gasteiger partial charge in [0.15, 0.2) is 0 Å². The predicted molar refractivity (Wildman–Crippen MR) is 80.8 cm³/mol. The van der Waals surface area contributed by atoms with Crippen LogP contribution < -0.4 is 5.32 Å². The molecule has 0 bridgehead atoms. The lowest BCUT2D eigenvalue weighted by Gasteiger charge is -2.29. The lowest BCUT2D eigenvalue weighted by molar-refractivity contribution is 0.350. The van der Waals surface area contributed by atoms with Crippen molar-refractivity contribution in [3.8, 4) is 5.69 Å². The Hall–Kier alpha value is -1.70. The van der Waals surface area contributed by atoms with Crippen molar-refractivity contribution in [2.75, 3.05) is 5.32 Å². The molecule has 3 rings (SSSR count). The lowest BCUT2D eigenvalue weighted by Crippen LogP contribution is -2.30. The molecular formula is C17H22N2. The Morgan fingerprint density at radius 2 is 1.95 bits per heavy atom. The average molecular weight is 254 g/mol. The number of benzene rings is 1. The van der Waals surface area contributed by atoms with E-state index in [0.717, 1.165) is 0 Å². The van der Waals surface area contributed by atoms with Crippen molar-refractivity contribution in [2.24, 2.45) is 5.41 Å². The summed E-state index contributed by atoms with van der Waals surface area (Å²) in [6.45, 7) is 4.74. The maximum Gasteiger partial charge on any atom is 0.0469 e. The van der Waals surface area contributed by atoms with E-state index in [-0.39, 0.29) is 0 Å². The second-order valence-electron chi connectivity index (χ2n) is 6.22. The molecule has 0 aliphatic heterocycles. The van der Waals surface area contributed by atoms with Crippen LogP contribution in [0.1, 0.15) is 33.1 Å². The van der Waals surface area contributed by atoms with Gasteiger partial charge in [-0.05, 0) is 48.6 Å². The lowest BCUT2D eigenvalue weighted by atomic mass is 9.87. The van der Waals surface area contributed by atoms with Crippen molar-refractivity contribution in [1.29, 1.82) is 0 Å². The molecule has 1 unspecified atom stereocenters. The highest BCUT2D eigenvalue weighted by Gasteiger charge is 2.34. The number of hydrogen-bond acceptors (Lipinski definition) is 1. The maximum absolute atomic E-state index is 3.72. The summed E-state index contributed by atoms with van der Waals surface area (Å²) in [5.74, 6) is 0. The van der Waals surface area contributed by atoms with Gasteiger partial charge in [0.1, 0.15) is 0 Å². The summed E-state index contributed by atoms with van der Waals surface area (Å²) in [5.41, 5.74) is 2.85. The molecule has 1 aromatic carbocycles. The fourth-order valence-electron chi connectivity index (χ4n) is 3.06. The van der Waals surface area contributed by atoms with Gasteiger partial charge in [0.25, 0.3) is 0 Å². The quantitative estimate of drug-likeness (QED) is 0.855. The van der Waals surface area contributed by atoms with E-state index in [4.69, 9.17) is 0 Å².